The Morgan fingerprint density at radius 3 is 2.48 bits per heavy atom. The molecule has 0 aliphatic carbocycles. The highest BCUT2D eigenvalue weighted by Crippen LogP contribution is 2.28. The topological polar surface area (TPSA) is 123 Å². The SMILES string of the molecule is COc1cccc(/C=N/Nc2ncc(-c3ccc([N+](=O)[O-])cc3)cn2)c1O. The van der Waals surface area contributed by atoms with Gasteiger partial charge in [0.05, 0.1) is 18.2 Å². The number of aromatic nitrogens is 2. The molecule has 0 atom stereocenters. The van der Waals surface area contributed by atoms with Crippen LogP contribution in [0.4, 0.5) is 11.6 Å². The quantitative estimate of drug-likeness (QED) is 0.390. The Labute approximate surface area is 154 Å². The van der Waals surface area contributed by atoms with Crippen LogP contribution in [0.15, 0.2) is 60.0 Å². The molecule has 0 spiro atoms. The average Bonchev–Trinajstić information content (AvgIpc) is 2.70. The lowest BCUT2D eigenvalue weighted by Gasteiger charge is -2.05. The van der Waals surface area contributed by atoms with Crippen LogP contribution in [0, 0.1) is 10.1 Å². The van der Waals surface area contributed by atoms with E-state index in [1.807, 2.05) is 0 Å². The lowest BCUT2D eigenvalue weighted by molar-refractivity contribution is -0.384. The molecule has 0 radical (unpaired) electrons. The molecule has 27 heavy (non-hydrogen) atoms. The molecule has 136 valence electrons. The fourth-order valence-corrected chi connectivity index (χ4v) is 2.28. The number of nitro groups is 1. The monoisotopic (exact) mass is 365 g/mol. The summed E-state index contributed by atoms with van der Waals surface area (Å²) in [6, 6.07) is 11.2. The Kier molecular flexibility index (Phi) is 5.22. The average molecular weight is 365 g/mol. The summed E-state index contributed by atoms with van der Waals surface area (Å²) in [5, 5.41) is 24.7. The number of rotatable bonds is 6. The second-order valence-electron chi connectivity index (χ2n) is 5.37. The van der Waals surface area contributed by atoms with Crippen LogP contribution in [0.25, 0.3) is 11.1 Å². The third kappa shape index (κ3) is 4.15. The third-order valence-corrected chi connectivity index (χ3v) is 3.68. The Balaban J connectivity index is 1.68. The first-order chi connectivity index (χ1) is 13.1. The largest absolute Gasteiger partial charge is 0.504 e. The molecule has 0 saturated carbocycles. The van der Waals surface area contributed by atoms with Gasteiger partial charge in [0.25, 0.3) is 5.69 Å². The molecule has 2 aromatic carbocycles. The molecule has 0 bridgehead atoms. The summed E-state index contributed by atoms with van der Waals surface area (Å²) in [6.07, 6.45) is 4.58. The number of hydrogen-bond acceptors (Lipinski definition) is 8. The normalized spacial score (nSPS) is 10.7. The van der Waals surface area contributed by atoms with Gasteiger partial charge in [-0.25, -0.2) is 15.4 Å². The highest BCUT2D eigenvalue weighted by atomic mass is 16.6. The van der Waals surface area contributed by atoms with Crippen LogP contribution in [-0.2, 0) is 0 Å². The van der Waals surface area contributed by atoms with Crippen LogP contribution in [0.2, 0.25) is 0 Å². The van der Waals surface area contributed by atoms with Crippen molar-refractivity contribution in [2.24, 2.45) is 5.10 Å². The molecular formula is C18H15N5O4. The van der Waals surface area contributed by atoms with Crippen molar-refractivity contribution < 1.29 is 14.8 Å². The number of nitrogens with zero attached hydrogens (tertiary/aromatic N) is 4. The number of hydrogen-bond donors (Lipinski definition) is 2. The number of benzene rings is 2. The maximum atomic E-state index is 10.7. The van der Waals surface area contributed by atoms with Gasteiger partial charge in [0.2, 0.25) is 5.95 Å². The van der Waals surface area contributed by atoms with Crippen LogP contribution in [0.3, 0.4) is 0 Å². The number of para-hydroxylation sites is 1. The zero-order valence-corrected chi connectivity index (χ0v) is 14.2. The highest BCUT2D eigenvalue weighted by molar-refractivity contribution is 5.85. The van der Waals surface area contributed by atoms with Gasteiger partial charge in [0, 0.05) is 35.7 Å². The van der Waals surface area contributed by atoms with Crippen molar-refractivity contribution >= 4 is 17.9 Å². The van der Waals surface area contributed by atoms with Gasteiger partial charge in [-0.1, -0.05) is 6.07 Å². The van der Waals surface area contributed by atoms with E-state index in [9.17, 15) is 15.2 Å². The summed E-state index contributed by atoms with van der Waals surface area (Å²) in [5.74, 6) is 0.599. The van der Waals surface area contributed by atoms with Gasteiger partial charge in [-0.15, -0.1) is 0 Å². The maximum absolute atomic E-state index is 10.7. The number of nitrogens with one attached hydrogen (secondary N) is 1. The fourth-order valence-electron chi connectivity index (χ4n) is 2.28. The Morgan fingerprint density at radius 2 is 1.85 bits per heavy atom. The number of phenolic OH excluding ortho intramolecular Hbond substituents is 1. The summed E-state index contributed by atoms with van der Waals surface area (Å²) in [7, 11) is 1.47. The van der Waals surface area contributed by atoms with Crippen molar-refractivity contribution in [2.45, 2.75) is 0 Å². The van der Waals surface area contributed by atoms with Crippen molar-refractivity contribution in [1.82, 2.24) is 9.97 Å². The van der Waals surface area contributed by atoms with Gasteiger partial charge in [-0.3, -0.25) is 10.1 Å². The summed E-state index contributed by atoms with van der Waals surface area (Å²) in [5.41, 5.74) is 4.64. The standard InChI is InChI=1S/C18H15N5O4/c1-27-16-4-2-3-13(17(16)24)11-21-22-18-19-9-14(10-20-18)12-5-7-15(8-6-12)23(25)26/h2-11,24H,1H3,(H,19,20,22)/b21-11+. The van der Waals surface area contributed by atoms with Gasteiger partial charge in [-0.2, -0.15) is 5.10 Å². The van der Waals surface area contributed by atoms with Crippen LogP contribution in [-0.4, -0.2) is 33.3 Å². The summed E-state index contributed by atoms with van der Waals surface area (Å²) in [6.45, 7) is 0. The van der Waals surface area contributed by atoms with E-state index in [0.717, 1.165) is 5.56 Å². The minimum absolute atomic E-state index is 0.0139. The molecule has 1 heterocycles. The predicted molar refractivity (Wildman–Crippen MR) is 100.0 cm³/mol. The second-order valence-corrected chi connectivity index (χ2v) is 5.37. The number of anilines is 1. The predicted octanol–water partition coefficient (Wildman–Crippen LogP) is 3.21. The van der Waals surface area contributed by atoms with E-state index in [2.05, 4.69) is 20.5 Å². The van der Waals surface area contributed by atoms with E-state index < -0.39 is 4.92 Å². The molecule has 3 aromatic rings. The number of hydrazone groups is 1. The number of ether oxygens (including phenoxy) is 1. The van der Waals surface area contributed by atoms with Gasteiger partial charge >= 0.3 is 0 Å². The minimum atomic E-state index is -0.453. The van der Waals surface area contributed by atoms with E-state index in [1.165, 1.54) is 25.5 Å². The van der Waals surface area contributed by atoms with Gasteiger partial charge < -0.3 is 9.84 Å². The van der Waals surface area contributed by atoms with Crippen molar-refractivity contribution in [2.75, 3.05) is 12.5 Å². The number of non-ortho nitro benzene ring substituents is 1. The first-order valence-corrected chi connectivity index (χ1v) is 7.80. The Morgan fingerprint density at radius 1 is 1.15 bits per heavy atom. The van der Waals surface area contributed by atoms with E-state index >= 15 is 0 Å². The molecule has 2 N–H and O–H groups in total. The van der Waals surface area contributed by atoms with Gasteiger partial charge in [0.1, 0.15) is 0 Å². The lowest BCUT2D eigenvalue weighted by Crippen LogP contribution is -1.97. The first kappa shape index (κ1) is 17.8. The zero-order valence-electron chi connectivity index (χ0n) is 14.2. The fraction of sp³-hybridized carbons (Fsp3) is 0.0556. The molecule has 0 saturated heterocycles. The molecule has 0 unspecified atom stereocenters. The first-order valence-electron chi connectivity index (χ1n) is 7.80. The smallest absolute Gasteiger partial charge is 0.269 e. The Hall–Kier alpha value is -4.01. The van der Waals surface area contributed by atoms with Crippen molar-refractivity contribution in [3.05, 3.63) is 70.5 Å². The van der Waals surface area contributed by atoms with E-state index in [-0.39, 0.29) is 17.4 Å². The van der Waals surface area contributed by atoms with Crippen LogP contribution >= 0.6 is 0 Å². The van der Waals surface area contributed by atoms with Crippen LogP contribution in [0.5, 0.6) is 11.5 Å². The number of nitro benzene ring substituents is 1. The van der Waals surface area contributed by atoms with Crippen molar-refractivity contribution in [3.8, 4) is 22.6 Å². The number of methoxy groups -OCH3 is 1. The van der Waals surface area contributed by atoms with E-state index in [1.54, 1.807) is 42.7 Å². The van der Waals surface area contributed by atoms with Crippen molar-refractivity contribution in [1.29, 1.82) is 0 Å². The Bertz CT molecular complexity index is 972. The number of aromatic hydroxyl groups is 1. The third-order valence-electron chi connectivity index (χ3n) is 3.68. The van der Waals surface area contributed by atoms with E-state index in [4.69, 9.17) is 4.74 Å². The van der Waals surface area contributed by atoms with Crippen molar-refractivity contribution in [3.63, 3.8) is 0 Å². The summed E-state index contributed by atoms with van der Waals surface area (Å²) >= 11 is 0. The van der Waals surface area contributed by atoms with Gasteiger partial charge in [0.15, 0.2) is 11.5 Å². The minimum Gasteiger partial charge on any atom is -0.504 e. The molecule has 0 fully saturated rings. The lowest BCUT2D eigenvalue weighted by atomic mass is 10.1. The van der Waals surface area contributed by atoms with Crippen LogP contribution < -0.4 is 10.2 Å². The molecule has 1 aromatic heterocycles. The molecule has 0 aliphatic heterocycles. The molecule has 9 heteroatoms. The molecule has 0 amide bonds. The number of phenols is 1. The molecule has 0 aliphatic rings. The molecule has 9 nitrogen and oxygen atoms in total. The summed E-state index contributed by atoms with van der Waals surface area (Å²) in [4.78, 5) is 18.5. The second kappa shape index (κ2) is 7.91. The zero-order chi connectivity index (χ0) is 19.2. The molecule has 3 rings (SSSR count). The van der Waals surface area contributed by atoms with Gasteiger partial charge in [-0.05, 0) is 29.8 Å². The van der Waals surface area contributed by atoms with E-state index in [0.29, 0.717) is 16.9 Å². The maximum Gasteiger partial charge on any atom is 0.269 e. The van der Waals surface area contributed by atoms with Crippen LogP contribution in [0.1, 0.15) is 5.56 Å². The highest BCUT2D eigenvalue weighted by Gasteiger charge is 2.07. The summed E-state index contributed by atoms with van der Waals surface area (Å²) < 4.78 is 5.03. The molecular weight excluding hydrogens is 350 g/mol.